The minimum Gasteiger partial charge on any atom is -0.476 e. The topological polar surface area (TPSA) is 66.3 Å². The molecule has 5 nitrogen and oxygen atoms in total. The van der Waals surface area contributed by atoms with Crippen molar-refractivity contribution in [3.8, 4) is 0 Å². The average molecular weight is 251 g/mol. The lowest BCUT2D eigenvalue weighted by Gasteiger charge is -2.22. The fraction of sp³-hybridized carbons (Fsp3) is 0.615. The molecule has 1 aromatic rings. The van der Waals surface area contributed by atoms with Crippen molar-refractivity contribution in [1.82, 2.24) is 9.97 Å². The summed E-state index contributed by atoms with van der Waals surface area (Å²) in [4.78, 5) is 21.0. The Hall–Kier alpha value is -1.65. The maximum absolute atomic E-state index is 10.7. The van der Waals surface area contributed by atoms with Crippen LogP contribution in [0.5, 0.6) is 0 Å². The van der Waals surface area contributed by atoms with Crippen molar-refractivity contribution in [1.29, 1.82) is 0 Å². The first-order valence-corrected chi connectivity index (χ1v) is 6.49. The van der Waals surface area contributed by atoms with E-state index < -0.39 is 5.97 Å². The summed E-state index contributed by atoms with van der Waals surface area (Å²) in [5.74, 6) is -0.274. The largest absolute Gasteiger partial charge is 0.476 e. The van der Waals surface area contributed by atoms with Crippen LogP contribution in [0.4, 0.5) is 5.82 Å². The molecule has 18 heavy (non-hydrogen) atoms. The molecular formula is C13H21N3O2. The molecule has 0 aromatic carbocycles. The van der Waals surface area contributed by atoms with Gasteiger partial charge in [0, 0.05) is 13.1 Å². The third-order valence-corrected chi connectivity index (χ3v) is 2.74. The Morgan fingerprint density at radius 2 is 1.78 bits per heavy atom. The minimum absolute atomic E-state index is 0.00955. The first-order chi connectivity index (χ1) is 8.69. The van der Waals surface area contributed by atoms with Crippen LogP contribution < -0.4 is 4.90 Å². The van der Waals surface area contributed by atoms with Crippen LogP contribution in [0.1, 0.15) is 50.0 Å². The van der Waals surface area contributed by atoms with Crippen molar-refractivity contribution >= 4 is 11.8 Å². The normalized spacial score (nSPS) is 10.3. The van der Waals surface area contributed by atoms with E-state index in [1.54, 1.807) is 6.20 Å². The van der Waals surface area contributed by atoms with Gasteiger partial charge in [-0.15, -0.1) is 0 Å². The molecule has 0 spiro atoms. The van der Waals surface area contributed by atoms with Crippen LogP contribution >= 0.6 is 0 Å². The summed E-state index contributed by atoms with van der Waals surface area (Å²) >= 11 is 0. The zero-order chi connectivity index (χ0) is 13.4. The fourth-order valence-corrected chi connectivity index (χ4v) is 1.63. The lowest BCUT2D eigenvalue weighted by atomic mass is 10.2. The highest BCUT2D eigenvalue weighted by Gasteiger charge is 2.10. The predicted molar refractivity (Wildman–Crippen MR) is 71.0 cm³/mol. The van der Waals surface area contributed by atoms with Gasteiger partial charge in [-0.2, -0.15) is 0 Å². The van der Waals surface area contributed by atoms with Gasteiger partial charge in [0.05, 0.1) is 12.4 Å². The van der Waals surface area contributed by atoms with Crippen LogP contribution in [0, 0.1) is 0 Å². The number of aromatic nitrogens is 2. The highest BCUT2D eigenvalue weighted by Crippen LogP contribution is 2.11. The number of nitrogens with zero attached hydrogens (tertiary/aromatic N) is 3. The molecule has 1 heterocycles. The number of rotatable bonds is 8. The van der Waals surface area contributed by atoms with Crippen molar-refractivity contribution in [2.45, 2.75) is 39.5 Å². The molecule has 0 amide bonds. The molecule has 0 radical (unpaired) electrons. The molecule has 5 heteroatoms. The molecule has 1 rings (SSSR count). The van der Waals surface area contributed by atoms with Gasteiger partial charge in [0.1, 0.15) is 5.82 Å². The lowest BCUT2D eigenvalue weighted by Crippen LogP contribution is -2.26. The second-order valence-electron chi connectivity index (χ2n) is 4.26. The van der Waals surface area contributed by atoms with Crippen LogP contribution in [0.2, 0.25) is 0 Å². The molecular weight excluding hydrogens is 230 g/mol. The lowest BCUT2D eigenvalue weighted by molar-refractivity contribution is 0.0690. The molecule has 0 unspecified atom stereocenters. The van der Waals surface area contributed by atoms with E-state index in [0.717, 1.165) is 44.6 Å². The van der Waals surface area contributed by atoms with Crippen LogP contribution in [0.3, 0.4) is 0 Å². The van der Waals surface area contributed by atoms with E-state index in [2.05, 4.69) is 28.7 Å². The van der Waals surface area contributed by atoms with Crippen LogP contribution in [-0.2, 0) is 0 Å². The first kappa shape index (κ1) is 14.4. The molecule has 0 saturated carbocycles. The highest BCUT2D eigenvalue weighted by molar-refractivity contribution is 5.84. The standard InChI is InChI=1S/C13H21N3O2/c1-3-5-7-16(8-6-4-2)12-10-14-11(9-15-12)13(17)18/h9-10H,3-8H2,1-2H3,(H,17,18). The SMILES string of the molecule is CCCCN(CCCC)c1cnc(C(=O)O)cn1. The van der Waals surface area contributed by atoms with Crippen LogP contribution in [0.25, 0.3) is 0 Å². The predicted octanol–water partition coefficient (Wildman–Crippen LogP) is 2.58. The van der Waals surface area contributed by atoms with Crippen molar-refractivity contribution in [2.24, 2.45) is 0 Å². The van der Waals surface area contributed by atoms with Gasteiger partial charge in [-0.05, 0) is 12.8 Å². The molecule has 0 bridgehead atoms. The molecule has 0 fully saturated rings. The van der Waals surface area contributed by atoms with Gasteiger partial charge in [-0.25, -0.2) is 14.8 Å². The van der Waals surface area contributed by atoms with Gasteiger partial charge in [-0.1, -0.05) is 26.7 Å². The number of aromatic carboxylic acids is 1. The Bertz CT molecular complexity index is 357. The van der Waals surface area contributed by atoms with Gasteiger partial charge in [0.25, 0.3) is 0 Å². The Balaban J connectivity index is 2.73. The molecule has 100 valence electrons. The number of hydrogen-bond acceptors (Lipinski definition) is 4. The molecule has 1 aromatic heterocycles. The van der Waals surface area contributed by atoms with E-state index in [4.69, 9.17) is 5.11 Å². The maximum atomic E-state index is 10.7. The van der Waals surface area contributed by atoms with Gasteiger partial charge < -0.3 is 10.0 Å². The third kappa shape index (κ3) is 4.31. The van der Waals surface area contributed by atoms with Gasteiger partial charge in [0.2, 0.25) is 0 Å². The van der Waals surface area contributed by atoms with Crippen LogP contribution in [-0.4, -0.2) is 34.1 Å². The number of carboxylic acid groups (broad SMARTS) is 1. The summed E-state index contributed by atoms with van der Waals surface area (Å²) in [7, 11) is 0. The Morgan fingerprint density at radius 3 is 2.17 bits per heavy atom. The molecule has 0 aliphatic heterocycles. The van der Waals surface area contributed by atoms with Gasteiger partial charge >= 0.3 is 5.97 Å². The molecule has 1 N–H and O–H groups in total. The number of carbonyl (C=O) groups is 1. The Labute approximate surface area is 108 Å². The average Bonchev–Trinajstić information content (AvgIpc) is 2.39. The number of unbranched alkanes of at least 4 members (excludes halogenated alkanes) is 2. The van der Waals surface area contributed by atoms with E-state index in [1.165, 1.54) is 6.20 Å². The quantitative estimate of drug-likeness (QED) is 0.769. The Morgan fingerprint density at radius 1 is 1.17 bits per heavy atom. The van der Waals surface area contributed by atoms with Crippen molar-refractivity contribution in [3.63, 3.8) is 0 Å². The van der Waals surface area contributed by atoms with E-state index in [9.17, 15) is 4.79 Å². The van der Waals surface area contributed by atoms with Gasteiger partial charge in [-0.3, -0.25) is 0 Å². The summed E-state index contributed by atoms with van der Waals surface area (Å²) in [5.41, 5.74) is -0.00955. The second-order valence-corrected chi connectivity index (χ2v) is 4.26. The minimum atomic E-state index is -1.04. The van der Waals surface area contributed by atoms with E-state index >= 15 is 0 Å². The van der Waals surface area contributed by atoms with Crippen LogP contribution in [0.15, 0.2) is 12.4 Å². The van der Waals surface area contributed by atoms with E-state index in [1.807, 2.05) is 0 Å². The molecule has 0 saturated heterocycles. The summed E-state index contributed by atoms with van der Waals surface area (Å²) in [6, 6.07) is 0. The monoisotopic (exact) mass is 251 g/mol. The number of hydrogen-bond donors (Lipinski definition) is 1. The fourth-order valence-electron chi connectivity index (χ4n) is 1.63. The van der Waals surface area contributed by atoms with Gasteiger partial charge in [0.15, 0.2) is 5.69 Å². The van der Waals surface area contributed by atoms with Crippen molar-refractivity contribution in [2.75, 3.05) is 18.0 Å². The summed E-state index contributed by atoms with van der Waals surface area (Å²) in [6.45, 7) is 6.18. The molecule has 0 aliphatic rings. The molecule has 0 aliphatic carbocycles. The maximum Gasteiger partial charge on any atom is 0.356 e. The number of anilines is 1. The van der Waals surface area contributed by atoms with Crippen molar-refractivity contribution < 1.29 is 9.90 Å². The summed E-state index contributed by atoms with van der Waals surface area (Å²) in [6.07, 6.45) is 7.34. The second kappa shape index (κ2) is 7.63. The number of carboxylic acids is 1. The van der Waals surface area contributed by atoms with E-state index in [0.29, 0.717) is 0 Å². The van der Waals surface area contributed by atoms with E-state index in [-0.39, 0.29) is 5.69 Å². The smallest absolute Gasteiger partial charge is 0.356 e. The zero-order valence-electron chi connectivity index (χ0n) is 11.1. The first-order valence-electron chi connectivity index (χ1n) is 6.49. The summed E-state index contributed by atoms with van der Waals surface area (Å²) in [5, 5.41) is 8.78. The molecule has 0 atom stereocenters. The summed E-state index contributed by atoms with van der Waals surface area (Å²) < 4.78 is 0. The third-order valence-electron chi connectivity index (χ3n) is 2.74. The Kier molecular flexibility index (Phi) is 6.11. The van der Waals surface area contributed by atoms with Crippen molar-refractivity contribution in [3.05, 3.63) is 18.1 Å². The zero-order valence-corrected chi connectivity index (χ0v) is 11.1. The highest BCUT2D eigenvalue weighted by atomic mass is 16.4.